The fourth-order valence-electron chi connectivity index (χ4n) is 3.74. The molecule has 2 aliphatic rings. The molecule has 4 nitrogen and oxygen atoms in total. The van der Waals surface area contributed by atoms with Crippen LogP contribution in [0.25, 0.3) is 0 Å². The Morgan fingerprint density at radius 3 is 2.67 bits per heavy atom. The molecule has 1 aromatic heterocycles. The number of hydrogen-bond acceptors (Lipinski definition) is 3. The molecule has 0 radical (unpaired) electrons. The lowest BCUT2D eigenvalue weighted by Gasteiger charge is -2.12. The third-order valence-electron chi connectivity index (χ3n) is 4.74. The Balaban J connectivity index is 1.75. The number of nitrogens with zero attached hydrogens (tertiary/aromatic N) is 3. The Hall–Kier alpha value is -0.900. The van der Waals surface area contributed by atoms with Gasteiger partial charge in [0.05, 0.1) is 11.4 Å². The Bertz CT molecular complexity index is 423. The molecule has 2 aliphatic carbocycles. The van der Waals surface area contributed by atoms with E-state index in [-0.39, 0.29) is 0 Å². The van der Waals surface area contributed by atoms with Crippen LogP contribution < -0.4 is 5.32 Å². The first-order valence-electron chi connectivity index (χ1n) is 7.30. The first kappa shape index (κ1) is 12.2. The Morgan fingerprint density at radius 1 is 1.28 bits per heavy atom. The molecule has 0 aromatic carbocycles. The van der Waals surface area contributed by atoms with Gasteiger partial charge in [0.15, 0.2) is 0 Å². The van der Waals surface area contributed by atoms with Crippen LogP contribution in [-0.4, -0.2) is 28.6 Å². The summed E-state index contributed by atoms with van der Waals surface area (Å²) in [5, 5.41) is 12.1. The molecule has 1 heterocycles. The normalized spacial score (nSPS) is 30.6. The number of aromatic nitrogens is 3. The van der Waals surface area contributed by atoms with E-state index >= 15 is 0 Å². The van der Waals surface area contributed by atoms with Gasteiger partial charge in [0, 0.05) is 6.04 Å². The van der Waals surface area contributed by atoms with E-state index in [0.717, 1.165) is 24.2 Å². The highest BCUT2D eigenvalue weighted by molar-refractivity contribution is 5.15. The summed E-state index contributed by atoms with van der Waals surface area (Å²) < 4.78 is 2.13. The fourth-order valence-corrected chi connectivity index (χ4v) is 3.74. The SMILES string of the molecule is CNC[C@H]1C2CCc3nnn(C(C)C)c3CCC21. The lowest BCUT2D eigenvalue weighted by Crippen LogP contribution is -2.11. The van der Waals surface area contributed by atoms with Crippen LogP contribution in [0.1, 0.15) is 44.1 Å². The number of nitrogens with one attached hydrogen (secondary N) is 1. The van der Waals surface area contributed by atoms with Crippen molar-refractivity contribution >= 4 is 0 Å². The summed E-state index contributed by atoms with van der Waals surface area (Å²) in [5.41, 5.74) is 2.66. The Labute approximate surface area is 109 Å². The average molecular weight is 248 g/mol. The second-order valence-electron chi connectivity index (χ2n) is 6.15. The third kappa shape index (κ3) is 1.96. The van der Waals surface area contributed by atoms with Crippen molar-refractivity contribution in [2.45, 2.75) is 45.6 Å². The molecular formula is C14H24N4. The summed E-state index contributed by atoms with van der Waals surface area (Å²) >= 11 is 0. The maximum atomic E-state index is 4.40. The van der Waals surface area contributed by atoms with Gasteiger partial charge in [-0.15, -0.1) is 5.10 Å². The Morgan fingerprint density at radius 2 is 2.00 bits per heavy atom. The smallest absolute Gasteiger partial charge is 0.0859 e. The van der Waals surface area contributed by atoms with E-state index in [1.54, 1.807) is 0 Å². The van der Waals surface area contributed by atoms with Crippen LogP contribution in [0, 0.1) is 17.8 Å². The first-order valence-corrected chi connectivity index (χ1v) is 7.30. The third-order valence-corrected chi connectivity index (χ3v) is 4.74. The molecule has 4 heteroatoms. The second kappa shape index (κ2) is 4.65. The number of aryl methyl sites for hydroxylation is 1. The van der Waals surface area contributed by atoms with Gasteiger partial charge in [0.25, 0.3) is 0 Å². The number of rotatable bonds is 3. The molecule has 1 N–H and O–H groups in total. The number of fused-ring (bicyclic) bond motifs is 2. The fraction of sp³-hybridized carbons (Fsp3) is 0.857. The standard InChI is InChI=1S/C14H24N4/c1-9(2)18-14-7-5-11-10(12(11)8-15-3)4-6-13(14)16-17-18/h9-12,15H,4-8H2,1-3H3/t10?,11?,12-/m0/s1. The minimum atomic E-state index is 0.434. The van der Waals surface area contributed by atoms with Crippen molar-refractivity contribution in [2.75, 3.05) is 13.6 Å². The van der Waals surface area contributed by atoms with Crippen LogP contribution in [-0.2, 0) is 12.8 Å². The molecule has 0 aliphatic heterocycles. The van der Waals surface area contributed by atoms with E-state index in [1.807, 2.05) is 0 Å². The summed E-state index contributed by atoms with van der Waals surface area (Å²) in [6.45, 7) is 5.57. The lowest BCUT2D eigenvalue weighted by molar-refractivity contribution is 0.480. The summed E-state index contributed by atoms with van der Waals surface area (Å²) in [5.74, 6) is 2.80. The second-order valence-corrected chi connectivity index (χ2v) is 6.15. The largest absolute Gasteiger partial charge is 0.319 e. The van der Waals surface area contributed by atoms with Crippen molar-refractivity contribution < 1.29 is 0 Å². The highest BCUT2D eigenvalue weighted by atomic mass is 15.4. The topological polar surface area (TPSA) is 42.7 Å². The average Bonchev–Trinajstić information content (AvgIpc) is 2.79. The molecule has 3 atom stereocenters. The van der Waals surface area contributed by atoms with Gasteiger partial charge in [-0.2, -0.15) is 0 Å². The van der Waals surface area contributed by atoms with Crippen molar-refractivity contribution in [2.24, 2.45) is 17.8 Å². The zero-order chi connectivity index (χ0) is 12.7. The van der Waals surface area contributed by atoms with E-state index in [2.05, 4.69) is 41.2 Å². The quantitative estimate of drug-likeness (QED) is 0.887. The predicted octanol–water partition coefficient (Wildman–Crippen LogP) is 1.82. The molecule has 3 rings (SSSR count). The molecule has 1 saturated carbocycles. The summed E-state index contributed by atoms with van der Waals surface area (Å²) in [7, 11) is 2.07. The van der Waals surface area contributed by atoms with Crippen LogP contribution in [0.2, 0.25) is 0 Å². The van der Waals surface area contributed by atoms with Gasteiger partial charge in [0.1, 0.15) is 0 Å². The maximum Gasteiger partial charge on any atom is 0.0859 e. The molecule has 1 fully saturated rings. The van der Waals surface area contributed by atoms with Gasteiger partial charge in [-0.1, -0.05) is 5.21 Å². The van der Waals surface area contributed by atoms with Crippen molar-refractivity contribution in [3.05, 3.63) is 11.4 Å². The molecule has 0 bridgehead atoms. The first-order chi connectivity index (χ1) is 8.72. The lowest BCUT2D eigenvalue weighted by atomic mass is 10.0. The molecule has 2 unspecified atom stereocenters. The minimum Gasteiger partial charge on any atom is -0.319 e. The predicted molar refractivity (Wildman–Crippen MR) is 71.4 cm³/mol. The van der Waals surface area contributed by atoms with Gasteiger partial charge in [-0.3, -0.25) is 0 Å². The van der Waals surface area contributed by atoms with Crippen molar-refractivity contribution in [3.8, 4) is 0 Å². The van der Waals surface area contributed by atoms with Crippen molar-refractivity contribution in [3.63, 3.8) is 0 Å². The molecule has 0 amide bonds. The van der Waals surface area contributed by atoms with Crippen LogP contribution >= 0.6 is 0 Å². The Kier molecular flexibility index (Phi) is 3.14. The molecule has 100 valence electrons. The maximum absolute atomic E-state index is 4.40. The van der Waals surface area contributed by atoms with E-state index < -0.39 is 0 Å². The minimum absolute atomic E-state index is 0.434. The molecule has 0 spiro atoms. The molecule has 0 saturated heterocycles. The van der Waals surface area contributed by atoms with Crippen molar-refractivity contribution in [1.29, 1.82) is 0 Å². The summed E-state index contributed by atoms with van der Waals surface area (Å²) in [6, 6.07) is 0.434. The van der Waals surface area contributed by atoms with Gasteiger partial charge in [0.2, 0.25) is 0 Å². The van der Waals surface area contributed by atoms with Crippen LogP contribution in [0.5, 0.6) is 0 Å². The van der Waals surface area contributed by atoms with Crippen LogP contribution in [0.15, 0.2) is 0 Å². The van der Waals surface area contributed by atoms with Crippen LogP contribution in [0.4, 0.5) is 0 Å². The van der Waals surface area contributed by atoms with Crippen molar-refractivity contribution in [1.82, 2.24) is 20.3 Å². The summed E-state index contributed by atoms with van der Waals surface area (Å²) in [4.78, 5) is 0. The zero-order valence-corrected chi connectivity index (χ0v) is 11.7. The molecule has 18 heavy (non-hydrogen) atoms. The van der Waals surface area contributed by atoms with Gasteiger partial charge in [-0.05, 0) is 70.9 Å². The van der Waals surface area contributed by atoms with E-state index in [9.17, 15) is 0 Å². The monoisotopic (exact) mass is 248 g/mol. The molecular weight excluding hydrogens is 224 g/mol. The van der Waals surface area contributed by atoms with Crippen LogP contribution in [0.3, 0.4) is 0 Å². The van der Waals surface area contributed by atoms with E-state index in [0.29, 0.717) is 6.04 Å². The van der Waals surface area contributed by atoms with E-state index in [1.165, 1.54) is 37.2 Å². The zero-order valence-electron chi connectivity index (χ0n) is 11.7. The van der Waals surface area contributed by atoms with Gasteiger partial charge in [-0.25, -0.2) is 4.68 Å². The highest BCUT2D eigenvalue weighted by Gasteiger charge is 2.48. The van der Waals surface area contributed by atoms with E-state index in [4.69, 9.17) is 0 Å². The van der Waals surface area contributed by atoms with Gasteiger partial charge < -0.3 is 5.32 Å². The molecule has 1 aromatic rings. The highest BCUT2D eigenvalue weighted by Crippen LogP contribution is 2.52. The summed E-state index contributed by atoms with van der Waals surface area (Å²) in [6.07, 6.45) is 4.93. The van der Waals surface area contributed by atoms with Gasteiger partial charge >= 0.3 is 0 Å². The number of hydrogen-bond donors (Lipinski definition) is 1.